The molecule has 0 fully saturated rings. The normalized spacial score (nSPS) is 10.2. The molecule has 1 aromatic carbocycles. The van der Waals surface area contributed by atoms with Crippen molar-refractivity contribution in [3.63, 3.8) is 0 Å². The quantitative estimate of drug-likeness (QED) is 0.922. The Morgan fingerprint density at radius 2 is 2.00 bits per heavy atom. The first-order valence-corrected chi connectivity index (χ1v) is 5.56. The first-order chi connectivity index (χ1) is 8.56. The number of nitrogens with one attached hydrogen (secondary N) is 1. The Kier molecular flexibility index (Phi) is 3.74. The van der Waals surface area contributed by atoms with Crippen LogP contribution in [0.4, 0.5) is 10.1 Å². The van der Waals surface area contributed by atoms with Gasteiger partial charge in [0.25, 0.3) is 5.91 Å². The largest absolute Gasteiger partial charge is 0.321 e. The van der Waals surface area contributed by atoms with Crippen LogP contribution < -0.4 is 5.32 Å². The van der Waals surface area contributed by atoms with E-state index < -0.39 is 11.7 Å². The maximum absolute atomic E-state index is 12.9. The number of benzene rings is 1. The number of aromatic nitrogens is 2. The van der Waals surface area contributed by atoms with E-state index in [0.717, 1.165) is 6.07 Å². The molecule has 2 rings (SSSR count). The van der Waals surface area contributed by atoms with E-state index in [1.807, 2.05) is 0 Å². The Morgan fingerprint density at radius 3 is 2.61 bits per heavy atom. The lowest BCUT2D eigenvalue weighted by Crippen LogP contribution is -2.13. The molecule has 1 N–H and O–H groups in total. The summed E-state index contributed by atoms with van der Waals surface area (Å²) in [5, 5.41) is 2.63. The number of anilines is 1. The molecular weight excluding hydrogens is 280 g/mol. The van der Waals surface area contributed by atoms with Crippen LogP contribution in [-0.4, -0.2) is 15.9 Å². The molecule has 0 saturated carbocycles. The minimum Gasteiger partial charge on any atom is -0.321 e. The van der Waals surface area contributed by atoms with Gasteiger partial charge >= 0.3 is 0 Å². The Labute approximate surface area is 112 Å². The SMILES string of the molecule is O=C(Nc1ccc(F)c(Cl)c1)c1cnc(Cl)cn1. The minimum atomic E-state index is -0.555. The highest BCUT2D eigenvalue weighted by Gasteiger charge is 2.09. The number of amides is 1. The maximum Gasteiger partial charge on any atom is 0.275 e. The molecule has 18 heavy (non-hydrogen) atoms. The van der Waals surface area contributed by atoms with E-state index in [1.165, 1.54) is 24.5 Å². The average molecular weight is 286 g/mol. The Bertz CT molecular complexity index is 589. The lowest BCUT2D eigenvalue weighted by Gasteiger charge is -2.05. The van der Waals surface area contributed by atoms with Crippen LogP contribution in [0.3, 0.4) is 0 Å². The van der Waals surface area contributed by atoms with Crippen molar-refractivity contribution >= 4 is 34.8 Å². The van der Waals surface area contributed by atoms with Gasteiger partial charge in [0.05, 0.1) is 17.4 Å². The highest BCUT2D eigenvalue weighted by molar-refractivity contribution is 6.31. The summed E-state index contributed by atoms with van der Waals surface area (Å²) in [6, 6.07) is 3.85. The number of hydrogen-bond donors (Lipinski definition) is 1. The van der Waals surface area contributed by atoms with Crippen molar-refractivity contribution in [1.82, 2.24) is 9.97 Å². The lowest BCUT2D eigenvalue weighted by molar-refractivity contribution is 0.102. The van der Waals surface area contributed by atoms with Crippen molar-refractivity contribution in [1.29, 1.82) is 0 Å². The van der Waals surface area contributed by atoms with E-state index in [0.29, 0.717) is 5.69 Å². The molecule has 0 aliphatic carbocycles. The third-order valence-corrected chi connectivity index (χ3v) is 2.52. The van der Waals surface area contributed by atoms with Crippen molar-refractivity contribution in [2.45, 2.75) is 0 Å². The second-order valence-electron chi connectivity index (χ2n) is 3.31. The van der Waals surface area contributed by atoms with E-state index in [2.05, 4.69) is 15.3 Å². The van der Waals surface area contributed by atoms with Crippen LogP contribution in [-0.2, 0) is 0 Å². The molecule has 0 spiro atoms. The molecule has 0 aliphatic rings. The molecule has 4 nitrogen and oxygen atoms in total. The molecular formula is C11H6Cl2FN3O. The van der Waals surface area contributed by atoms with E-state index in [9.17, 15) is 9.18 Å². The first-order valence-electron chi connectivity index (χ1n) is 4.80. The zero-order valence-electron chi connectivity index (χ0n) is 8.82. The van der Waals surface area contributed by atoms with Crippen LogP contribution in [0.15, 0.2) is 30.6 Å². The molecule has 1 heterocycles. The van der Waals surface area contributed by atoms with E-state index in [1.54, 1.807) is 0 Å². The molecule has 0 unspecified atom stereocenters. The molecule has 0 atom stereocenters. The van der Waals surface area contributed by atoms with Crippen LogP contribution in [0.25, 0.3) is 0 Å². The Morgan fingerprint density at radius 1 is 1.22 bits per heavy atom. The Balaban J connectivity index is 2.16. The fraction of sp³-hybridized carbons (Fsp3) is 0. The summed E-state index contributed by atoms with van der Waals surface area (Å²) in [6.07, 6.45) is 2.50. The third-order valence-electron chi connectivity index (χ3n) is 2.03. The van der Waals surface area contributed by atoms with Gasteiger partial charge in [-0.1, -0.05) is 23.2 Å². The van der Waals surface area contributed by atoms with Gasteiger partial charge < -0.3 is 5.32 Å². The molecule has 7 heteroatoms. The van der Waals surface area contributed by atoms with Crippen LogP contribution >= 0.6 is 23.2 Å². The number of nitrogens with zero attached hydrogens (tertiary/aromatic N) is 2. The number of carbonyl (C=O) groups is 1. The van der Waals surface area contributed by atoms with Gasteiger partial charge in [-0.3, -0.25) is 4.79 Å². The van der Waals surface area contributed by atoms with Gasteiger partial charge in [-0.05, 0) is 18.2 Å². The zero-order chi connectivity index (χ0) is 13.1. The summed E-state index contributed by atoms with van der Waals surface area (Å²) >= 11 is 11.1. The van der Waals surface area contributed by atoms with Crippen LogP contribution in [0.1, 0.15) is 10.5 Å². The number of rotatable bonds is 2. The molecule has 2 aromatic rings. The number of halogens is 3. The van der Waals surface area contributed by atoms with Crippen molar-refractivity contribution in [2.75, 3.05) is 5.32 Å². The lowest BCUT2D eigenvalue weighted by atomic mass is 10.3. The van der Waals surface area contributed by atoms with Crippen molar-refractivity contribution in [2.24, 2.45) is 0 Å². The summed E-state index contributed by atoms with van der Waals surface area (Å²) in [4.78, 5) is 19.3. The average Bonchev–Trinajstić information content (AvgIpc) is 2.34. The van der Waals surface area contributed by atoms with Gasteiger partial charge in [0.1, 0.15) is 16.7 Å². The number of carbonyl (C=O) groups excluding carboxylic acids is 1. The van der Waals surface area contributed by atoms with Gasteiger partial charge in [-0.2, -0.15) is 0 Å². The summed E-state index contributed by atoms with van der Waals surface area (Å²) < 4.78 is 12.9. The predicted molar refractivity (Wildman–Crippen MR) is 66.4 cm³/mol. The van der Waals surface area contributed by atoms with Crippen molar-refractivity contribution in [3.8, 4) is 0 Å². The maximum atomic E-state index is 12.9. The van der Waals surface area contributed by atoms with E-state index in [-0.39, 0.29) is 15.9 Å². The van der Waals surface area contributed by atoms with E-state index >= 15 is 0 Å². The standard InChI is InChI=1S/C11H6Cl2FN3O/c12-7-3-6(1-2-8(7)14)17-11(18)9-4-16-10(13)5-15-9/h1-5H,(H,17,18). The molecule has 0 bridgehead atoms. The number of hydrogen-bond acceptors (Lipinski definition) is 3. The van der Waals surface area contributed by atoms with Crippen LogP contribution in [0.5, 0.6) is 0 Å². The summed E-state index contributed by atoms with van der Waals surface area (Å²) in [5.74, 6) is -1.04. The van der Waals surface area contributed by atoms with Crippen molar-refractivity contribution in [3.05, 3.63) is 52.3 Å². The van der Waals surface area contributed by atoms with Crippen molar-refractivity contribution < 1.29 is 9.18 Å². The molecule has 0 aliphatic heterocycles. The Hall–Kier alpha value is -1.72. The fourth-order valence-electron chi connectivity index (χ4n) is 1.20. The molecule has 1 amide bonds. The molecule has 0 radical (unpaired) electrons. The van der Waals surface area contributed by atoms with Crippen LogP contribution in [0.2, 0.25) is 10.2 Å². The van der Waals surface area contributed by atoms with E-state index in [4.69, 9.17) is 23.2 Å². The van der Waals surface area contributed by atoms with Gasteiger partial charge in [-0.15, -0.1) is 0 Å². The highest BCUT2D eigenvalue weighted by atomic mass is 35.5. The zero-order valence-corrected chi connectivity index (χ0v) is 10.3. The summed E-state index contributed by atoms with van der Waals surface area (Å²) in [5.41, 5.74) is 0.461. The smallest absolute Gasteiger partial charge is 0.275 e. The second kappa shape index (κ2) is 5.29. The van der Waals surface area contributed by atoms with Gasteiger partial charge in [0, 0.05) is 5.69 Å². The summed E-state index contributed by atoms with van der Waals surface area (Å²) in [6.45, 7) is 0. The van der Waals surface area contributed by atoms with Gasteiger partial charge in [0.2, 0.25) is 0 Å². The van der Waals surface area contributed by atoms with Gasteiger partial charge in [-0.25, -0.2) is 14.4 Å². The minimum absolute atomic E-state index is 0.0741. The first kappa shape index (κ1) is 12.7. The fourth-order valence-corrected chi connectivity index (χ4v) is 1.48. The monoisotopic (exact) mass is 285 g/mol. The van der Waals surface area contributed by atoms with Gasteiger partial charge in [0.15, 0.2) is 0 Å². The predicted octanol–water partition coefficient (Wildman–Crippen LogP) is 3.17. The molecule has 0 saturated heterocycles. The molecule has 1 aromatic heterocycles. The third kappa shape index (κ3) is 2.94. The second-order valence-corrected chi connectivity index (χ2v) is 4.10. The summed E-state index contributed by atoms with van der Waals surface area (Å²) in [7, 11) is 0. The topological polar surface area (TPSA) is 54.9 Å². The highest BCUT2D eigenvalue weighted by Crippen LogP contribution is 2.19. The van der Waals surface area contributed by atoms with Crippen LogP contribution in [0, 0.1) is 5.82 Å². The molecule has 92 valence electrons.